The van der Waals surface area contributed by atoms with Gasteiger partial charge in [0, 0.05) is 42.4 Å². The van der Waals surface area contributed by atoms with Crippen molar-refractivity contribution >= 4 is 45.6 Å². The molecule has 3 aliphatic rings. The van der Waals surface area contributed by atoms with E-state index in [1.165, 1.54) is 34.1 Å². The summed E-state index contributed by atoms with van der Waals surface area (Å²) in [7, 11) is 3.28. The van der Waals surface area contributed by atoms with E-state index in [2.05, 4.69) is 26.3 Å². The summed E-state index contributed by atoms with van der Waals surface area (Å²) >= 11 is 0. The van der Waals surface area contributed by atoms with Gasteiger partial charge < -0.3 is 40.6 Å². The second-order valence-corrected chi connectivity index (χ2v) is 18.2. The number of hydrogen-bond acceptors (Lipinski definition) is 7. The number of imidazole rings is 1. The Bertz CT molecular complexity index is 2300. The van der Waals surface area contributed by atoms with Crippen molar-refractivity contribution in [1.29, 1.82) is 0 Å². The number of aromatic nitrogens is 3. The minimum atomic E-state index is -1.36. The zero-order valence-electron chi connectivity index (χ0n) is 35.8. The number of carbonyl (C=O) groups is 4. The van der Waals surface area contributed by atoms with Crippen LogP contribution in [0.25, 0.3) is 33.5 Å². The average Bonchev–Trinajstić information content (AvgIpc) is 3.57. The maximum Gasteiger partial charge on any atom is 0.246 e. The van der Waals surface area contributed by atoms with Crippen LogP contribution in [-0.2, 0) is 32.1 Å². The van der Waals surface area contributed by atoms with Crippen LogP contribution in [-0.4, -0.2) is 124 Å². The second kappa shape index (κ2) is 17.4. The first kappa shape index (κ1) is 44.0. The molecule has 4 aromatic rings. The third-order valence-electron chi connectivity index (χ3n) is 12.6. The van der Waals surface area contributed by atoms with Gasteiger partial charge in [0.15, 0.2) is 5.82 Å². The molecule has 8 unspecified atom stereocenters. The summed E-state index contributed by atoms with van der Waals surface area (Å²) in [4.78, 5) is 65.9. The standard InChI is InChI=1S/C44H57F4N9O4/c1-22(49-6)40(58)53-36(24-8-9-24)42(60)56-20-28(48)15-30(56)21-57-35-13-11-26(46)17-34(35)52-39(57)37-32(31-12-10-25(45)16-33(31)51-37)18-29-14-27(47)19-55(29)43(61)38(44(3,4)5)54-41(59)23(2)50-7/h10-13,16-17,22-24,27-30,36,38,49-51H,8-9,14-15,18-21H2,1-7H3,(H,53,58)(H,54,59). The van der Waals surface area contributed by atoms with Crippen molar-refractivity contribution < 1.29 is 36.7 Å². The molecule has 13 nitrogen and oxygen atoms in total. The Kier molecular flexibility index (Phi) is 12.6. The predicted molar refractivity (Wildman–Crippen MR) is 224 cm³/mol. The summed E-state index contributed by atoms with van der Waals surface area (Å²) in [5.74, 6) is -2.35. The lowest BCUT2D eigenvalue weighted by Gasteiger charge is -2.36. The van der Waals surface area contributed by atoms with Crippen molar-refractivity contribution in [2.45, 2.75) is 122 Å². The molecule has 3 fully saturated rings. The van der Waals surface area contributed by atoms with Crippen LogP contribution in [0.1, 0.15) is 65.9 Å². The van der Waals surface area contributed by atoms with Gasteiger partial charge in [-0.05, 0) is 94.4 Å². The van der Waals surface area contributed by atoms with E-state index in [1.807, 2.05) is 20.8 Å². The van der Waals surface area contributed by atoms with E-state index in [-0.39, 0.29) is 68.1 Å². The zero-order chi connectivity index (χ0) is 44.1. The molecule has 2 saturated heterocycles. The van der Waals surface area contributed by atoms with E-state index in [1.54, 1.807) is 44.6 Å². The van der Waals surface area contributed by atoms with E-state index in [0.717, 1.165) is 12.8 Å². The first-order valence-electron chi connectivity index (χ1n) is 21.2. The van der Waals surface area contributed by atoms with Gasteiger partial charge in [0.05, 0.1) is 47.9 Å². The normalized spacial score (nSPS) is 22.7. The fraction of sp³-hybridized carbons (Fsp3) is 0.568. The first-order chi connectivity index (χ1) is 28.9. The van der Waals surface area contributed by atoms with Gasteiger partial charge in [0.2, 0.25) is 23.6 Å². The van der Waals surface area contributed by atoms with Crippen LogP contribution < -0.4 is 21.3 Å². The third kappa shape index (κ3) is 9.13. The number of halogens is 4. The van der Waals surface area contributed by atoms with Crippen molar-refractivity contribution in [3.05, 3.63) is 53.6 Å². The molecule has 1 saturated carbocycles. The highest BCUT2D eigenvalue weighted by atomic mass is 19.1. The maximum absolute atomic E-state index is 15.6. The topological polar surface area (TPSA) is 156 Å². The van der Waals surface area contributed by atoms with Crippen molar-refractivity contribution in [3.63, 3.8) is 0 Å². The van der Waals surface area contributed by atoms with Crippen molar-refractivity contribution in [2.75, 3.05) is 27.2 Å². The van der Waals surface area contributed by atoms with Gasteiger partial charge in [-0.1, -0.05) is 20.8 Å². The summed E-state index contributed by atoms with van der Waals surface area (Å²) in [5.41, 5.74) is 1.46. The minimum absolute atomic E-state index is 0.00122. The lowest BCUT2D eigenvalue weighted by molar-refractivity contribution is -0.140. The molecule has 2 aliphatic heterocycles. The van der Waals surface area contributed by atoms with Gasteiger partial charge >= 0.3 is 0 Å². The van der Waals surface area contributed by atoms with Crippen LogP contribution >= 0.6 is 0 Å². The summed E-state index contributed by atoms with van der Waals surface area (Å²) in [6.45, 7) is 8.53. The molecule has 2 aromatic carbocycles. The molecule has 8 atom stereocenters. The number of likely N-dealkylation sites (N-methyl/N-ethyl adjacent to an activating group) is 2. The molecule has 0 spiro atoms. The molecule has 0 bridgehead atoms. The number of nitrogens with zero attached hydrogens (tertiary/aromatic N) is 4. The summed E-state index contributed by atoms with van der Waals surface area (Å²) in [6.07, 6.45) is -1.08. The molecule has 2 aromatic heterocycles. The number of H-pyrrole nitrogens is 1. The van der Waals surface area contributed by atoms with Gasteiger partial charge in [-0.3, -0.25) is 19.2 Å². The lowest BCUT2D eigenvalue weighted by atomic mass is 9.85. The average molecular weight is 852 g/mol. The van der Waals surface area contributed by atoms with E-state index in [9.17, 15) is 28.0 Å². The molecular weight excluding hydrogens is 795 g/mol. The molecule has 5 N–H and O–H groups in total. The highest BCUT2D eigenvalue weighted by Gasteiger charge is 2.46. The molecule has 1 aliphatic carbocycles. The SMILES string of the molecule is CNC(C)C(=O)NC(C(=O)N1CC(F)CC1Cn1c(-c2[nH]c3cc(F)ccc3c2CC2CC(F)CN2C(=O)C(NC(=O)C(C)NC)C(C)(C)C)nc2cc(F)ccc21)C1CC1. The molecule has 61 heavy (non-hydrogen) atoms. The molecule has 4 amide bonds. The molecule has 330 valence electrons. The molecule has 0 radical (unpaired) electrons. The fourth-order valence-corrected chi connectivity index (χ4v) is 8.79. The quantitative estimate of drug-likeness (QED) is 0.117. The molecule has 4 heterocycles. The van der Waals surface area contributed by atoms with Crippen LogP contribution in [0.4, 0.5) is 17.6 Å². The minimum Gasteiger partial charge on any atom is -0.352 e. The Morgan fingerprint density at radius 1 is 0.836 bits per heavy atom. The van der Waals surface area contributed by atoms with Crippen LogP contribution in [0.3, 0.4) is 0 Å². The largest absolute Gasteiger partial charge is 0.352 e. The third-order valence-corrected chi connectivity index (χ3v) is 12.6. The number of carbonyl (C=O) groups excluding carboxylic acids is 4. The van der Waals surface area contributed by atoms with E-state index in [0.29, 0.717) is 33.5 Å². The Morgan fingerprint density at radius 2 is 1.43 bits per heavy atom. The van der Waals surface area contributed by atoms with Crippen LogP contribution in [0.5, 0.6) is 0 Å². The Morgan fingerprint density at radius 3 is 2.05 bits per heavy atom. The Labute approximate surface area is 352 Å². The van der Waals surface area contributed by atoms with Gasteiger partial charge in [0.1, 0.15) is 36.1 Å². The molecular formula is C44H57F4N9O4. The number of hydrogen-bond donors (Lipinski definition) is 5. The summed E-state index contributed by atoms with van der Waals surface area (Å²) in [5, 5.41) is 12.1. The van der Waals surface area contributed by atoms with Gasteiger partial charge in [-0.15, -0.1) is 0 Å². The number of nitrogens with one attached hydrogen (secondary N) is 5. The summed E-state index contributed by atoms with van der Waals surface area (Å²) < 4.78 is 62.5. The smallest absolute Gasteiger partial charge is 0.246 e. The first-order valence-corrected chi connectivity index (χ1v) is 21.2. The van der Waals surface area contributed by atoms with Gasteiger partial charge in [-0.2, -0.15) is 0 Å². The summed E-state index contributed by atoms with van der Waals surface area (Å²) in [6, 6.07) is 4.06. The van der Waals surface area contributed by atoms with Gasteiger partial charge in [-0.25, -0.2) is 22.5 Å². The lowest BCUT2D eigenvalue weighted by Crippen LogP contribution is -2.58. The van der Waals surface area contributed by atoms with Crippen molar-refractivity contribution in [2.24, 2.45) is 11.3 Å². The monoisotopic (exact) mass is 851 g/mol. The van der Waals surface area contributed by atoms with Crippen LogP contribution in [0, 0.1) is 23.0 Å². The Hall–Kier alpha value is -5.03. The van der Waals surface area contributed by atoms with Crippen molar-refractivity contribution in [1.82, 2.24) is 45.6 Å². The number of likely N-dealkylation sites (tertiary alicyclic amines) is 2. The fourth-order valence-electron chi connectivity index (χ4n) is 8.79. The maximum atomic E-state index is 15.6. The number of alkyl halides is 2. The van der Waals surface area contributed by atoms with E-state index in [4.69, 9.17) is 4.98 Å². The number of benzene rings is 2. The predicted octanol–water partition coefficient (Wildman–Crippen LogP) is 4.52. The highest BCUT2D eigenvalue weighted by Crippen LogP contribution is 2.39. The van der Waals surface area contributed by atoms with Crippen LogP contribution in [0.2, 0.25) is 0 Å². The second-order valence-electron chi connectivity index (χ2n) is 18.2. The number of aromatic amines is 1. The van der Waals surface area contributed by atoms with Crippen LogP contribution in [0.15, 0.2) is 36.4 Å². The van der Waals surface area contributed by atoms with Gasteiger partial charge in [0.25, 0.3) is 0 Å². The molecule has 17 heteroatoms. The Balaban J connectivity index is 1.28. The highest BCUT2D eigenvalue weighted by molar-refractivity contribution is 5.93. The molecule has 7 rings (SSSR count). The number of rotatable bonds is 14. The van der Waals surface area contributed by atoms with E-state index >= 15 is 8.78 Å². The van der Waals surface area contributed by atoms with Crippen molar-refractivity contribution in [3.8, 4) is 11.5 Å². The van der Waals surface area contributed by atoms with E-state index < -0.39 is 71.6 Å². The number of amides is 4. The number of fused-ring (bicyclic) bond motifs is 2. The zero-order valence-corrected chi connectivity index (χ0v) is 35.8.